The van der Waals surface area contributed by atoms with Crippen LogP contribution in [0.15, 0.2) is 18.2 Å². The number of hydrogen-bond acceptors (Lipinski definition) is 3. The fraction of sp³-hybridized carbons (Fsp3) is 0.500. The third-order valence-corrected chi connectivity index (χ3v) is 3.53. The zero-order valence-electron chi connectivity index (χ0n) is 12.5. The van der Waals surface area contributed by atoms with Crippen molar-refractivity contribution in [3.05, 3.63) is 39.7 Å². The van der Waals surface area contributed by atoms with E-state index in [1.807, 2.05) is 20.8 Å². The van der Waals surface area contributed by atoms with Crippen molar-refractivity contribution >= 4 is 11.8 Å². The predicted molar refractivity (Wildman–Crippen MR) is 75.5 cm³/mol. The molecule has 0 heterocycles. The van der Waals surface area contributed by atoms with Gasteiger partial charge in [-0.25, -0.2) is 4.79 Å². The second-order valence-electron chi connectivity index (χ2n) is 6.00. The standard InChI is InChI=1S/C14H19FN2O4/c1-9(14(2,3)4)16(13(18)19)8-10-5-6-11(15)12(7-10)17(20)21/h5-7,9H,8H2,1-4H3,(H,18,19)/t9-/m0/s1. The monoisotopic (exact) mass is 298 g/mol. The molecule has 0 aliphatic rings. The largest absolute Gasteiger partial charge is 0.465 e. The predicted octanol–water partition coefficient (Wildman–Crippen LogP) is 3.65. The highest BCUT2D eigenvalue weighted by molar-refractivity contribution is 5.65. The van der Waals surface area contributed by atoms with Gasteiger partial charge in [-0.3, -0.25) is 10.1 Å². The van der Waals surface area contributed by atoms with Crippen molar-refractivity contribution in [3.63, 3.8) is 0 Å². The Kier molecular flexibility index (Phi) is 4.88. The van der Waals surface area contributed by atoms with E-state index in [0.29, 0.717) is 5.56 Å². The lowest BCUT2D eigenvalue weighted by atomic mass is 9.87. The molecule has 0 aliphatic carbocycles. The van der Waals surface area contributed by atoms with Gasteiger partial charge >= 0.3 is 11.8 Å². The van der Waals surface area contributed by atoms with Crippen molar-refractivity contribution in [1.82, 2.24) is 4.90 Å². The minimum Gasteiger partial charge on any atom is -0.465 e. The Labute approximate surface area is 122 Å². The molecule has 116 valence electrons. The van der Waals surface area contributed by atoms with Gasteiger partial charge in [0.25, 0.3) is 0 Å². The Bertz CT molecular complexity index is 554. The van der Waals surface area contributed by atoms with Gasteiger partial charge in [-0.05, 0) is 24.0 Å². The molecule has 1 N–H and O–H groups in total. The molecule has 6 nitrogen and oxygen atoms in total. The molecule has 0 bridgehead atoms. The fourth-order valence-electron chi connectivity index (χ4n) is 1.83. The number of nitro groups is 1. The number of halogens is 1. The summed E-state index contributed by atoms with van der Waals surface area (Å²) in [5, 5.41) is 20.0. The molecule has 0 radical (unpaired) electrons. The van der Waals surface area contributed by atoms with Crippen LogP contribution in [0.5, 0.6) is 0 Å². The number of rotatable bonds is 4. The minimum atomic E-state index is -1.12. The number of carboxylic acid groups (broad SMARTS) is 1. The Hall–Kier alpha value is -2.18. The van der Waals surface area contributed by atoms with Crippen LogP contribution in [-0.4, -0.2) is 27.1 Å². The smallest absolute Gasteiger partial charge is 0.407 e. The van der Waals surface area contributed by atoms with Crippen LogP contribution in [0.25, 0.3) is 0 Å². The van der Waals surface area contributed by atoms with Crippen molar-refractivity contribution in [2.45, 2.75) is 40.3 Å². The maximum Gasteiger partial charge on any atom is 0.407 e. The maximum atomic E-state index is 13.3. The normalized spacial score (nSPS) is 12.8. The topological polar surface area (TPSA) is 83.7 Å². The molecule has 1 rings (SSSR count). The lowest BCUT2D eigenvalue weighted by Gasteiger charge is -2.36. The summed E-state index contributed by atoms with van der Waals surface area (Å²) >= 11 is 0. The van der Waals surface area contributed by atoms with Crippen molar-refractivity contribution in [3.8, 4) is 0 Å². The zero-order chi connectivity index (χ0) is 16.4. The number of nitrogens with zero attached hydrogens (tertiary/aromatic N) is 2. The lowest BCUT2D eigenvalue weighted by Crippen LogP contribution is -2.44. The van der Waals surface area contributed by atoms with Crippen LogP contribution in [0.3, 0.4) is 0 Å². The van der Waals surface area contributed by atoms with Crippen LogP contribution >= 0.6 is 0 Å². The second kappa shape index (κ2) is 6.07. The number of amides is 1. The molecular formula is C14H19FN2O4. The molecule has 1 atom stereocenters. The van der Waals surface area contributed by atoms with Crippen LogP contribution in [0.4, 0.5) is 14.9 Å². The van der Waals surface area contributed by atoms with Crippen molar-refractivity contribution in [2.24, 2.45) is 5.41 Å². The summed E-state index contributed by atoms with van der Waals surface area (Å²) in [6, 6.07) is 3.10. The molecule has 0 saturated heterocycles. The van der Waals surface area contributed by atoms with Crippen LogP contribution in [0.1, 0.15) is 33.3 Å². The summed E-state index contributed by atoms with van der Waals surface area (Å²) in [4.78, 5) is 22.5. The first kappa shape index (κ1) is 16.9. The van der Waals surface area contributed by atoms with Gasteiger partial charge in [0, 0.05) is 18.7 Å². The molecule has 0 unspecified atom stereocenters. The summed E-state index contributed by atoms with van der Waals surface area (Å²) in [6.07, 6.45) is -1.12. The maximum absolute atomic E-state index is 13.3. The van der Waals surface area contributed by atoms with Gasteiger partial charge in [-0.2, -0.15) is 4.39 Å². The van der Waals surface area contributed by atoms with E-state index in [2.05, 4.69) is 0 Å². The first-order valence-electron chi connectivity index (χ1n) is 6.46. The highest BCUT2D eigenvalue weighted by Crippen LogP contribution is 2.26. The van der Waals surface area contributed by atoms with E-state index < -0.39 is 22.5 Å². The molecule has 0 fully saturated rings. The summed E-state index contributed by atoms with van der Waals surface area (Å²) < 4.78 is 13.3. The summed E-state index contributed by atoms with van der Waals surface area (Å²) in [7, 11) is 0. The molecule has 0 spiro atoms. The number of carbonyl (C=O) groups is 1. The minimum absolute atomic E-state index is 0.0328. The zero-order valence-corrected chi connectivity index (χ0v) is 12.5. The van der Waals surface area contributed by atoms with Crippen LogP contribution in [0.2, 0.25) is 0 Å². The van der Waals surface area contributed by atoms with Crippen molar-refractivity contribution < 1.29 is 19.2 Å². The highest BCUT2D eigenvalue weighted by atomic mass is 19.1. The highest BCUT2D eigenvalue weighted by Gasteiger charge is 2.30. The third kappa shape index (κ3) is 4.14. The van der Waals surface area contributed by atoms with Gasteiger partial charge in [0.15, 0.2) is 0 Å². The molecule has 1 amide bonds. The SMILES string of the molecule is C[C@H](N(Cc1ccc(F)c([N+](=O)[O-])c1)C(=O)O)C(C)(C)C. The number of nitro benzene ring substituents is 1. The van der Waals surface area contributed by atoms with E-state index in [4.69, 9.17) is 0 Å². The molecule has 7 heteroatoms. The van der Waals surface area contributed by atoms with E-state index in [9.17, 15) is 24.4 Å². The molecule has 1 aromatic carbocycles. The van der Waals surface area contributed by atoms with E-state index in [1.54, 1.807) is 6.92 Å². The van der Waals surface area contributed by atoms with Gasteiger partial charge < -0.3 is 10.0 Å². The summed E-state index contributed by atoms with van der Waals surface area (Å²) in [5.74, 6) is -0.936. The molecular weight excluding hydrogens is 279 g/mol. The lowest BCUT2D eigenvalue weighted by molar-refractivity contribution is -0.387. The first-order chi connectivity index (χ1) is 9.54. The fourth-order valence-corrected chi connectivity index (χ4v) is 1.83. The van der Waals surface area contributed by atoms with E-state index >= 15 is 0 Å². The molecule has 21 heavy (non-hydrogen) atoms. The van der Waals surface area contributed by atoms with Crippen LogP contribution < -0.4 is 0 Å². The first-order valence-corrected chi connectivity index (χ1v) is 6.46. The van der Waals surface area contributed by atoms with E-state index in [-0.39, 0.29) is 18.0 Å². The third-order valence-electron chi connectivity index (χ3n) is 3.53. The van der Waals surface area contributed by atoms with Gasteiger partial charge in [0.05, 0.1) is 4.92 Å². The van der Waals surface area contributed by atoms with Gasteiger partial charge in [0.2, 0.25) is 5.82 Å². The molecule has 0 aromatic heterocycles. The van der Waals surface area contributed by atoms with Gasteiger partial charge in [0.1, 0.15) is 0 Å². The average Bonchev–Trinajstić information content (AvgIpc) is 2.35. The van der Waals surface area contributed by atoms with E-state index in [0.717, 1.165) is 12.1 Å². The second-order valence-corrected chi connectivity index (χ2v) is 6.00. The van der Waals surface area contributed by atoms with Gasteiger partial charge in [-0.15, -0.1) is 0 Å². The average molecular weight is 298 g/mol. The van der Waals surface area contributed by atoms with Gasteiger partial charge in [-0.1, -0.05) is 26.8 Å². The summed E-state index contributed by atoms with van der Waals surface area (Å²) in [6.45, 7) is 7.45. The Morgan fingerprint density at radius 2 is 2.05 bits per heavy atom. The van der Waals surface area contributed by atoms with Crippen LogP contribution in [0, 0.1) is 21.3 Å². The van der Waals surface area contributed by atoms with Crippen molar-refractivity contribution in [2.75, 3.05) is 0 Å². The number of hydrogen-bond donors (Lipinski definition) is 1. The quantitative estimate of drug-likeness (QED) is 0.679. The Balaban J connectivity index is 3.08. The summed E-state index contributed by atoms with van der Waals surface area (Å²) in [5.41, 5.74) is -0.562. The number of benzene rings is 1. The molecule has 1 aromatic rings. The Morgan fingerprint density at radius 3 is 2.48 bits per heavy atom. The van der Waals surface area contributed by atoms with Crippen molar-refractivity contribution in [1.29, 1.82) is 0 Å². The molecule has 0 saturated carbocycles. The molecule has 0 aliphatic heterocycles. The van der Waals surface area contributed by atoms with Crippen LogP contribution in [-0.2, 0) is 6.54 Å². The van der Waals surface area contributed by atoms with E-state index in [1.165, 1.54) is 11.0 Å². The Morgan fingerprint density at radius 1 is 1.48 bits per heavy atom.